The van der Waals surface area contributed by atoms with E-state index in [-0.39, 0.29) is 12.8 Å². The third-order valence-electron chi connectivity index (χ3n) is 14.4. The average molecular weight is 1010 g/mol. The van der Waals surface area contributed by atoms with Crippen molar-refractivity contribution in [2.24, 2.45) is 0 Å². The molecule has 1 heterocycles. The fourth-order valence-corrected chi connectivity index (χ4v) is 9.53. The summed E-state index contributed by atoms with van der Waals surface area (Å²) in [7, 11) is 0. The molecule has 1 aliphatic heterocycles. The van der Waals surface area contributed by atoms with Gasteiger partial charge in [0.25, 0.3) is 0 Å². The fraction of sp³-hybridized carbons (Fsp3) is 0.883. The third kappa shape index (κ3) is 37.7. The van der Waals surface area contributed by atoms with Crippen molar-refractivity contribution in [3.63, 3.8) is 0 Å². The molecule has 0 spiro atoms. The Morgan fingerprint density at radius 2 is 0.845 bits per heavy atom. The third-order valence-corrected chi connectivity index (χ3v) is 14.4. The molecule has 8 N–H and O–H groups in total. The molecule has 1 rings (SSSR count). The molecule has 0 aromatic rings. The van der Waals surface area contributed by atoms with Crippen molar-refractivity contribution in [2.45, 2.75) is 326 Å². The smallest absolute Gasteiger partial charge is 0.249 e. The largest absolute Gasteiger partial charge is 0.394 e. The molecule has 11 nitrogen and oxygen atoms in total. The van der Waals surface area contributed by atoms with Gasteiger partial charge in [0, 0.05) is 0 Å². The van der Waals surface area contributed by atoms with Crippen LogP contribution in [0.3, 0.4) is 0 Å². The Kier molecular flexibility index (Phi) is 46.7. The summed E-state index contributed by atoms with van der Waals surface area (Å²) in [6.45, 7) is 3.44. The first-order valence-electron chi connectivity index (χ1n) is 29.9. The van der Waals surface area contributed by atoms with Gasteiger partial charge in [-0.25, -0.2) is 0 Å². The summed E-state index contributed by atoms with van der Waals surface area (Å²) in [6, 6.07) is -1.19. The molecular formula is C60H113NO10. The van der Waals surface area contributed by atoms with Crippen LogP contribution in [-0.4, -0.2) is 110 Å². The summed E-state index contributed by atoms with van der Waals surface area (Å²) in [5.41, 5.74) is 0. The van der Waals surface area contributed by atoms with Crippen LogP contribution in [0.2, 0.25) is 0 Å². The lowest BCUT2D eigenvalue weighted by Gasteiger charge is -2.40. The summed E-state index contributed by atoms with van der Waals surface area (Å²) in [5, 5.41) is 76.1. The molecule has 9 unspecified atom stereocenters. The molecule has 0 saturated carbocycles. The number of hydrogen-bond acceptors (Lipinski definition) is 10. The lowest BCUT2D eigenvalue weighted by atomic mass is 9.98. The maximum Gasteiger partial charge on any atom is 0.249 e. The van der Waals surface area contributed by atoms with Gasteiger partial charge in [-0.2, -0.15) is 0 Å². The first kappa shape index (κ1) is 67.3. The molecule has 1 amide bonds. The van der Waals surface area contributed by atoms with E-state index < -0.39 is 74.2 Å². The molecule has 418 valence electrons. The van der Waals surface area contributed by atoms with Crippen molar-refractivity contribution in [3.8, 4) is 0 Å². The highest BCUT2D eigenvalue weighted by atomic mass is 16.7. The van der Waals surface area contributed by atoms with Gasteiger partial charge in [-0.1, -0.05) is 243 Å². The Labute approximate surface area is 435 Å². The highest BCUT2D eigenvalue weighted by molar-refractivity contribution is 5.80. The number of amides is 1. The SMILES string of the molecule is CCCCCC/C=C/CC/C=C/CC/C=C/CCCC(O)C(O)C(COC1OC(CO)C(O)C(O)C1O)NC(=O)C(O)CCCCCCCCCCCCCCCCCCCCCCCCCCCCC. The fourth-order valence-electron chi connectivity index (χ4n) is 9.53. The van der Waals surface area contributed by atoms with Crippen molar-refractivity contribution in [1.82, 2.24) is 5.32 Å². The number of nitrogens with one attached hydrogen (secondary N) is 1. The normalized spacial score (nSPS) is 20.4. The quantitative estimate of drug-likeness (QED) is 0.0215. The Hall–Kier alpha value is -1.67. The Morgan fingerprint density at radius 1 is 0.479 bits per heavy atom. The van der Waals surface area contributed by atoms with E-state index in [1.54, 1.807) is 0 Å². The summed E-state index contributed by atoms with van der Waals surface area (Å²) in [6.07, 6.45) is 49.2. The maximum atomic E-state index is 13.2. The van der Waals surface area contributed by atoms with Crippen LogP contribution in [0.4, 0.5) is 0 Å². The van der Waals surface area contributed by atoms with Crippen LogP contribution in [0.5, 0.6) is 0 Å². The topological polar surface area (TPSA) is 189 Å². The molecule has 0 radical (unpaired) electrons. The molecule has 0 aliphatic carbocycles. The number of aliphatic hydroxyl groups is 7. The van der Waals surface area contributed by atoms with E-state index in [0.29, 0.717) is 19.3 Å². The first-order valence-corrected chi connectivity index (χ1v) is 29.9. The number of carbonyl (C=O) groups excluding carboxylic acids is 1. The minimum Gasteiger partial charge on any atom is -0.394 e. The van der Waals surface area contributed by atoms with Crippen molar-refractivity contribution < 1.29 is 50.0 Å². The van der Waals surface area contributed by atoms with E-state index in [1.165, 1.54) is 180 Å². The molecule has 11 heteroatoms. The summed E-state index contributed by atoms with van der Waals surface area (Å²) in [4.78, 5) is 13.2. The van der Waals surface area contributed by atoms with Crippen molar-refractivity contribution >= 4 is 5.91 Å². The Morgan fingerprint density at radius 3 is 1.25 bits per heavy atom. The van der Waals surface area contributed by atoms with Crippen LogP contribution in [-0.2, 0) is 14.3 Å². The molecule has 0 aromatic carbocycles. The van der Waals surface area contributed by atoms with Gasteiger partial charge in [0.15, 0.2) is 6.29 Å². The maximum absolute atomic E-state index is 13.2. The van der Waals surface area contributed by atoms with Crippen molar-refractivity contribution in [2.75, 3.05) is 13.2 Å². The standard InChI is InChI=1S/C60H113NO10/c1-3-5-7-9-11-13-15-17-19-21-22-23-24-25-26-27-28-29-30-32-34-36-38-40-42-44-46-48-53(64)59(69)61-51(50-70-60-58(68)57(67)56(66)54(49-62)71-60)55(65)52(63)47-45-43-41-39-37-35-33-31-20-18-16-14-12-10-8-6-4-2/h14,16,31,33,39,41,51-58,60,62-68H,3-13,15,17-30,32,34-38,40,42-50H2,1-2H3,(H,61,69)/b16-14+,33-31+,41-39+. The minimum atomic E-state index is -1.67. The number of aliphatic hydroxyl groups excluding tert-OH is 7. The summed E-state index contributed by atoms with van der Waals surface area (Å²) < 4.78 is 11.1. The first-order chi connectivity index (χ1) is 34.7. The van der Waals surface area contributed by atoms with E-state index in [4.69, 9.17) is 9.47 Å². The number of hydrogen-bond donors (Lipinski definition) is 8. The van der Waals surface area contributed by atoms with Gasteiger partial charge in [0.05, 0.1) is 25.4 Å². The van der Waals surface area contributed by atoms with Crippen LogP contribution in [0.1, 0.15) is 271 Å². The molecule has 9 atom stereocenters. The summed E-state index contributed by atoms with van der Waals surface area (Å²) >= 11 is 0. The van der Waals surface area contributed by atoms with E-state index in [9.17, 15) is 40.5 Å². The van der Waals surface area contributed by atoms with Crippen LogP contribution in [0.15, 0.2) is 36.5 Å². The molecule has 71 heavy (non-hydrogen) atoms. The molecule has 0 aromatic heterocycles. The minimum absolute atomic E-state index is 0.242. The van der Waals surface area contributed by atoms with Crippen LogP contribution < -0.4 is 5.32 Å². The van der Waals surface area contributed by atoms with Gasteiger partial charge in [0.1, 0.15) is 36.6 Å². The molecule has 1 saturated heterocycles. The molecular weight excluding hydrogens is 895 g/mol. The second-order valence-corrected chi connectivity index (χ2v) is 21.0. The molecule has 1 aliphatic rings. The predicted octanol–water partition coefficient (Wildman–Crippen LogP) is 12.7. The van der Waals surface area contributed by atoms with E-state index >= 15 is 0 Å². The number of carbonyl (C=O) groups is 1. The lowest BCUT2D eigenvalue weighted by Crippen LogP contribution is -2.60. The van der Waals surface area contributed by atoms with Gasteiger partial charge >= 0.3 is 0 Å². The van der Waals surface area contributed by atoms with Gasteiger partial charge in [0.2, 0.25) is 5.91 Å². The second kappa shape index (κ2) is 49.2. The van der Waals surface area contributed by atoms with E-state index in [2.05, 4.69) is 55.6 Å². The second-order valence-electron chi connectivity index (χ2n) is 21.0. The van der Waals surface area contributed by atoms with E-state index in [0.717, 1.165) is 44.9 Å². The van der Waals surface area contributed by atoms with E-state index in [1.807, 2.05) is 0 Å². The highest BCUT2D eigenvalue weighted by Gasteiger charge is 2.44. The number of unbranched alkanes of at least 4 members (excludes halogenated alkanes) is 33. The van der Waals surface area contributed by atoms with Gasteiger partial charge in [-0.15, -0.1) is 0 Å². The van der Waals surface area contributed by atoms with Crippen molar-refractivity contribution in [1.29, 1.82) is 0 Å². The highest BCUT2D eigenvalue weighted by Crippen LogP contribution is 2.23. The number of rotatable bonds is 51. The molecule has 0 bridgehead atoms. The Bertz CT molecular complexity index is 1250. The van der Waals surface area contributed by atoms with Gasteiger partial charge < -0.3 is 50.5 Å². The van der Waals surface area contributed by atoms with Crippen LogP contribution in [0.25, 0.3) is 0 Å². The van der Waals surface area contributed by atoms with Gasteiger partial charge in [-0.05, 0) is 64.2 Å². The average Bonchev–Trinajstić information content (AvgIpc) is 3.37. The van der Waals surface area contributed by atoms with Crippen LogP contribution in [0, 0.1) is 0 Å². The zero-order valence-corrected chi connectivity index (χ0v) is 45.7. The molecule has 1 fully saturated rings. The summed E-state index contributed by atoms with van der Waals surface area (Å²) in [5.74, 6) is -0.709. The zero-order valence-electron chi connectivity index (χ0n) is 45.7. The lowest BCUT2D eigenvalue weighted by molar-refractivity contribution is -0.303. The number of allylic oxidation sites excluding steroid dienone is 6. The number of ether oxygens (including phenoxy) is 2. The Balaban J connectivity index is 2.28. The zero-order chi connectivity index (χ0) is 51.8. The van der Waals surface area contributed by atoms with Crippen LogP contribution >= 0.6 is 0 Å². The predicted molar refractivity (Wildman–Crippen MR) is 293 cm³/mol. The monoisotopic (exact) mass is 1010 g/mol. The van der Waals surface area contributed by atoms with Crippen molar-refractivity contribution in [3.05, 3.63) is 36.5 Å². The van der Waals surface area contributed by atoms with Gasteiger partial charge in [-0.3, -0.25) is 4.79 Å².